The number of nitrogens with one attached hydrogen (secondary N) is 1. The summed E-state index contributed by atoms with van der Waals surface area (Å²) in [4.78, 5) is 3.98. The van der Waals surface area contributed by atoms with Gasteiger partial charge in [-0.25, -0.2) is 0 Å². The van der Waals surface area contributed by atoms with Gasteiger partial charge in [-0.2, -0.15) is 0 Å². The zero-order valence-corrected chi connectivity index (χ0v) is 27.0. The Labute approximate surface area is 286 Å². The van der Waals surface area contributed by atoms with Crippen LogP contribution in [0.25, 0.3) is 114 Å². The van der Waals surface area contributed by atoms with Crippen LogP contribution in [-0.2, 0) is 0 Å². The lowest BCUT2D eigenvalue weighted by Gasteiger charge is -2.12. The van der Waals surface area contributed by atoms with E-state index in [1.165, 1.54) is 103 Å². The van der Waals surface area contributed by atoms with Crippen LogP contribution in [0.2, 0.25) is 0 Å². The van der Waals surface area contributed by atoms with Gasteiger partial charge < -0.3 is 9.55 Å². The van der Waals surface area contributed by atoms with Crippen molar-refractivity contribution in [1.29, 1.82) is 0 Å². The first kappa shape index (κ1) is 26.3. The average Bonchev–Trinajstić information content (AvgIpc) is 3.72. The number of fused-ring (bicyclic) bond motifs is 19. The molecule has 50 heavy (non-hydrogen) atoms. The van der Waals surface area contributed by atoms with Crippen LogP contribution in [0.1, 0.15) is 0 Å². The largest absolute Gasteiger partial charge is 0.353 e. The Morgan fingerprint density at radius 2 is 0.720 bits per heavy atom. The van der Waals surface area contributed by atoms with Crippen LogP contribution in [-0.4, -0.2) is 9.55 Å². The number of hydrogen-bond acceptors (Lipinski definition) is 0. The van der Waals surface area contributed by atoms with Crippen molar-refractivity contribution in [2.75, 3.05) is 0 Å². The minimum Gasteiger partial charge on any atom is -0.353 e. The highest BCUT2D eigenvalue weighted by atomic mass is 15.0. The number of aromatic nitrogens is 2. The number of aromatic amines is 1. The Kier molecular flexibility index (Phi) is 5.00. The fourth-order valence-corrected chi connectivity index (χ4v) is 9.11. The van der Waals surface area contributed by atoms with E-state index in [2.05, 4.69) is 173 Å². The summed E-state index contributed by atoms with van der Waals surface area (Å²) in [5.74, 6) is 0. The molecule has 230 valence electrons. The summed E-state index contributed by atoms with van der Waals surface area (Å²) >= 11 is 0. The molecule has 0 atom stereocenters. The molecular formula is C48H28N2. The number of nitrogens with zero attached hydrogens (tertiary/aromatic N) is 1. The normalized spacial score (nSPS) is 12.4. The number of rotatable bonds is 1. The highest BCUT2D eigenvalue weighted by molar-refractivity contribution is 6.32. The number of benzene rings is 10. The molecule has 0 aliphatic carbocycles. The van der Waals surface area contributed by atoms with E-state index in [1.54, 1.807) is 0 Å². The van der Waals surface area contributed by atoms with Crippen molar-refractivity contribution in [3.05, 3.63) is 164 Å². The predicted octanol–water partition coefficient (Wildman–Crippen LogP) is 13.3. The third-order valence-electron chi connectivity index (χ3n) is 11.2. The van der Waals surface area contributed by atoms with E-state index in [9.17, 15) is 0 Å². The van der Waals surface area contributed by atoms with Crippen molar-refractivity contribution in [2.24, 2.45) is 0 Å². The van der Waals surface area contributed by atoms with Gasteiger partial charge in [-0.05, 0) is 101 Å². The van der Waals surface area contributed by atoms with Gasteiger partial charge in [0.1, 0.15) is 0 Å². The Balaban J connectivity index is 1.28. The monoisotopic (exact) mass is 632 g/mol. The summed E-state index contributed by atoms with van der Waals surface area (Å²) in [5.41, 5.74) is 5.91. The highest BCUT2D eigenvalue weighted by Gasteiger charge is 2.20. The lowest BCUT2D eigenvalue weighted by molar-refractivity contribution is 1.18. The van der Waals surface area contributed by atoms with Crippen molar-refractivity contribution >= 4 is 108 Å². The van der Waals surface area contributed by atoms with E-state index in [4.69, 9.17) is 0 Å². The predicted molar refractivity (Wildman–Crippen MR) is 215 cm³/mol. The molecule has 0 radical (unpaired) electrons. The molecule has 0 saturated carbocycles. The summed E-state index contributed by atoms with van der Waals surface area (Å²) < 4.78 is 2.48. The molecule has 0 aliphatic heterocycles. The van der Waals surface area contributed by atoms with Crippen LogP contribution in [0.5, 0.6) is 0 Å². The van der Waals surface area contributed by atoms with Crippen LogP contribution in [0.15, 0.2) is 164 Å². The fourth-order valence-electron chi connectivity index (χ4n) is 9.11. The first-order chi connectivity index (χ1) is 24.8. The van der Waals surface area contributed by atoms with Gasteiger partial charge in [0.15, 0.2) is 0 Å². The molecule has 1 N–H and O–H groups in total. The molecule has 2 aromatic heterocycles. The Morgan fingerprint density at radius 3 is 1.26 bits per heavy atom. The van der Waals surface area contributed by atoms with Gasteiger partial charge >= 0.3 is 0 Å². The second-order valence-electron chi connectivity index (χ2n) is 13.7. The molecule has 0 saturated heterocycles. The quantitative estimate of drug-likeness (QED) is 0.174. The first-order valence-corrected chi connectivity index (χ1v) is 17.4. The molecular weight excluding hydrogens is 605 g/mol. The van der Waals surface area contributed by atoms with E-state index >= 15 is 0 Å². The summed E-state index contributed by atoms with van der Waals surface area (Å²) in [6.45, 7) is 0. The maximum Gasteiger partial charge on any atom is 0.0783 e. The van der Waals surface area contributed by atoms with Gasteiger partial charge in [-0.15, -0.1) is 0 Å². The van der Waals surface area contributed by atoms with Crippen molar-refractivity contribution in [3.63, 3.8) is 0 Å². The van der Waals surface area contributed by atoms with Crippen molar-refractivity contribution in [3.8, 4) is 5.69 Å². The second kappa shape index (κ2) is 9.49. The summed E-state index contributed by atoms with van der Waals surface area (Å²) in [6.07, 6.45) is 0. The Hall–Kier alpha value is -6.64. The molecule has 0 spiro atoms. The molecule has 2 heterocycles. The summed E-state index contributed by atoms with van der Waals surface area (Å²) in [5, 5.41) is 20.5. The number of H-pyrrole nitrogens is 1. The van der Waals surface area contributed by atoms with Crippen LogP contribution < -0.4 is 0 Å². The topological polar surface area (TPSA) is 20.7 Å². The molecule has 0 bridgehead atoms. The smallest absolute Gasteiger partial charge is 0.0783 e. The van der Waals surface area contributed by atoms with Crippen molar-refractivity contribution in [1.82, 2.24) is 9.55 Å². The Morgan fingerprint density at radius 1 is 0.300 bits per heavy atom. The SMILES string of the molecule is c1ccc(-n2c3cc4c5ccccc5c5ccccc5c4cc3c3ccc4c5cc6c7ccccc7c7ccccc7c6cc5[nH]c4c32)cc1. The van der Waals surface area contributed by atoms with E-state index in [0.717, 1.165) is 11.2 Å². The fraction of sp³-hybridized carbons (Fsp3) is 0. The van der Waals surface area contributed by atoms with Crippen LogP contribution >= 0.6 is 0 Å². The minimum atomic E-state index is 1.16. The van der Waals surface area contributed by atoms with E-state index in [1.807, 2.05) is 0 Å². The van der Waals surface area contributed by atoms with Crippen LogP contribution in [0.4, 0.5) is 0 Å². The average molecular weight is 633 g/mol. The zero-order chi connectivity index (χ0) is 32.5. The second-order valence-corrected chi connectivity index (χ2v) is 13.7. The molecule has 0 aliphatic rings. The van der Waals surface area contributed by atoms with E-state index in [0.29, 0.717) is 0 Å². The van der Waals surface area contributed by atoms with Crippen molar-refractivity contribution < 1.29 is 0 Å². The molecule has 0 fully saturated rings. The summed E-state index contributed by atoms with van der Waals surface area (Å²) in [6, 6.07) is 60.6. The third kappa shape index (κ3) is 3.32. The van der Waals surface area contributed by atoms with E-state index in [-0.39, 0.29) is 0 Å². The van der Waals surface area contributed by atoms with Gasteiger partial charge in [0, 0.05) is 32.7 Å². The lowest BCUT2D eigenvalue weighted by atomic mass is 9.93. The van der Waals surface area contributed by atoms with Gasteiger partial charge in [0.25, 0.3) is 0 Å². The summed E-state index contributed by atoms with van der Waals surface area (Å²) in [7, 11) is 0. The maximum absolute atomic E-state index is 3.98. The van der Waals surface area contributed by atoms with Gasteiger partial charge in [-0.3, -0.25) is 0 Å². The molecule has 10 aromatic carbocycles. The molecule has 0 amide bonds. The first-order valence-electron chi connectivity index (χ1n) is 17.4. The highest BCUT2D eigenvalue weighted by Crippen LogP contribution is 2.45. The maximum atomic E-state index is 3.98. The third-order valence-corrected chi connectivity index (χ3v) is 11.2. The van der Waals surface area contributed by atoms with Crippen LogP contribution in [0.3, 0.4) is 0 Å². The number of para-hydroxylation sites is 1. The Bertz CT molecular complexity index is 3420. The van der Waals surface area contributed by atoms with Crippen LogP contribution in [0, 0.1) is 0 Å². The van der Waals surface area contributed by atoms with Gasteiger partial charge in [0.05, 0.1) is 16.6 Å². The van der Waals surface area contributed by atoms with Gasteiger partial charge in [-0.1, -0.05) is 127 Å². The zero-order valence-electron chi connectivity index (χ0n) is 27.0. The molecule has 12 rings (SSSR count). The molecule has 12 aromatic rings. The molecule has 2 heteroatoms. The minimum absolute atomic E-state index is 1.16. The van der Waals surface area contributed by atoms with E-state index < -0.39 is 0 Å². The lowest BCUT2D eigenvalue weighted by Crippen LogP contribution is -1.94. The molecule has 2 nitrogen and oxygen atoms in total. The number of hydrogen-bond donors (Lipinski definition) is 1. The van der Waals surface area contributed by atoms with Gasteiger partial charge in [0.2, 0.25) is 0 Å². The molecule has 0 unspecified atom stereocenters. The standard InChI is InChI=1S/C48H28N2/c1-2-12-28(13-3-1)50-46-27-42-36-21-11-7-17-32(36)30-15-5-9-19-34(30)40(42)25-44(46)38-23-22-37-43-24-39-33-18-8-4-14-29(33)31-16-6-10-20-35(31)41(39)26-45(43)49-47(37)48(38)50/h1-27,49H. The van der Waals surface area contributed by atoms with Crippen molar-refractivity contribution in [2.45, 2.75) is 0 Å².